The predicted octanol–water partition coefficient (Wildman–Crippen LogP) is 2.83. The molecule has 9 heteroatoms. The second-order valence-electron chi connectivity index (χ2n) is 7.48. The lowest BCUT2D eigenvalue weighted by molar-refractivity contribution is -0.164. The number of hydrogen-bond donors (Lipinski definition) is 1. The minimum atomic E-state index is -1.86. The highest BCUT2D eigenvalue weighted by atomic mass is 16.6. The van der Waals surface area contributed by atoms with Gasteiger partial charge in [0.05, 0.1) is 23.8 Å². The van der Waals surface area contributed by atoms with E-state index in [9.17, 15) is 24.3 Å². The lowest BCUT2D eigenvalue weighted by Gasteiger charge is -2.28. The van der Waals surface area contributed by atoms with E-state index in [0.717, 1.165) is 7.11 Å². The van der Waals surface area contributed by atoms with Gasteiger partial charge in [0, 0.05) is 0 Å². The molecule has 0 fully saturated rings. The molecule has 3 aromatic rings. The summed E-state index contributed by atoms with van der Waals surface area (Å²) >= 11 is 0. The van der Waals surface area contributed by atoms with Gasteiger partial charge in [0.1, 0.15) is 12.7 Å². The number of esters is 4. The van der Waals surface area contributed by atoms with E-state index in [-0.39, 0.29) is 16.7 Å². The molecule has 3 atom stereocenters. The predicted molar refractivity (Wildman–Crippen MR) is 126 cm³/mol. The van der Waals surface area contributed by atoms with Gasteiger partial charge in [-0.2, -0.15) is 0 Å². The molecule has 3 aromatic carbocycles. The summed E-state index contributed by atoms with van der Waals surface area (Å²) in [4.78, 5) is 50.3. The van der Waals surface area contributed by atoms with Crippen molar-refractivity contribution in [3.63, 3.8) is 0 Å². The number of aliphatic hydroxyl groups is 1. The number of carbonyl (C=O) groups is 4. The van der Waals surface area contributed by atoms with E-state index in [2.05, 4.69) is 0 Å². The zero-order valence-corrected chi connectivity index (χ0v) is 19.3. The molecule has 0 radical (unpaired) electrons. The van der Waals surface area contributed by atoms with Crippen LogP contribution in [-0.4, -0.2) is 61.0 Å². The van der Waals surface area contributed by atoms with Crippen LogP contribution in [-0.2, 0) is 23.7 Å². The Kier molecular flexibility index (Phi) is 9.30. The monoisotopic (exact) mass is 492 g/mol. The molecule has 186 valence electrons. The van der Waals surface area contributed by atoms with E-state index in [0.29, 0.717) is 0 Å². The van der Waals surface area contributed by atoms with Gasteiger partial charge < -0.3 is 24.1 Å². The molecule has 0 bridgehead atoms. The summed E-state index contributed by atoms with van der Waals surface area (Å²) in [6, 6.07) is 23.6. The largest absolute Gasteiger partial charge is 0.466 e. The van der Waals surface area contributed by atoms with Gasteiger partial charge in [0.2, 0.25) is 6.10 Å². The van der Waals surface area contributed by atoms with Crippen LogP contribution in [0.2, 0.25) is 0 Å². The van der Waals surface area contributed by atoms with Crippen molar-refractivity contribution in [3.05, 3.63) is 108 Å². The standard InChI is InChI=1S/C27H24O9/c1-33-27(32)23(36-26(31)20-15-9-4-10-16-20)22(35-25(30)19-13-7-3-8-14-19)21(28)17-34-24(29)18-11-5-2-6-12-18/h2-16,21-23,28H,17H2,1H3/t21-,22+,23-/m1/s1. The van der Waals surface area contributed by atoms with Gasteiger partial charge in [-0.1, -0.05) is 54.6 Å². The fourth-order valence-corrected chi connectivity index (χ4v) is 3.14. The van der Waals surface area contributed by atoms with Crippen molar-refractivity contribution in [1.82, 2.24) is 0 Å². The normalized spacial score (nSPS) is 12.9. The van der Waals surface area contributed by atoms with E-state index in [1.165, 1.54) is 36.4 Å². The van der Waals surface area contributed by atoms with Gasteiger partial charge in [-0.15, -0.1) is 0 Å². The van der Waals surface area contributed by atoms with E-state index in [1.807, 2.05) is 0 Å². The van der Waals surface area contributed by atoms with Crippen LogP contribution in [0.15, 0.2) is 91.0 Å². The average molecular weight is 492 g/mol. The maximum atomic E-state index is 12.8. The van der Waals surface area contributed by atoms with Crippen molar-refractivity contribution in [2.24, 2.45) is 0 Å². The molecule has 0 aliphatic heterocycles. The third-order valence-corrected chi connectivity index (χ3v) is 5.00. The third kappa shape index (κ3) is 7.00. The van der Waals surface area contributed by atoms with Crippen LogP contribution < -0.4 is 0 Å². The Labute approximate surface area is 207 Å². The molecule has 36 heavy (non-hydrogen) atoms. The fourth-order valence-electron chi connectivity index (χ4n) is 3.14. The first-order chi connectivity index (χ1) is 17.4. The molecular weight excluding hydrogens is 468 g/mol. The first kappa shape index (κ1) is 26.1. The molecule has 0 saturated carbocycles. The second kappa shape index (κ2) is 12.8. The highest BCUT2D eigenvalue weighted by Gasteiger charge is 2.41. The molecule has 0 saturated heterocycles. The van der Waals surface area contributed by atoms with Crippen molar-refractivity contribution in [2.45, 2.75) is 18.3 Å². The van der Waals surface area contributed by atoms with Crippen molar-refractivity contribution in [1.29, 1.82) is 0 Å². The van der Waals surface area contributed by atoms with Crippen LogP contribution in [0.3, 0.4) is 0 Å². The van der Waals surface area contributed by atoms with Crippen molar-refractivity contribution < 1.29 is 43.2 Å². The van der Waals surface area contributed by atoms with E-state index in [4.69, 9.17) is 18.9 Å². The van der Waals surface area contributed by atoms with Crippen molar-refractivity contribution in [2.75, 3.05) is 13.7 Å². The SMILES string of the molecule is COC(=O)[C@H](OC(=O)c1ccccc1)[C@@H](OC(=O)c1ccccc1)[C@H](O)COC(=O)c1ccccc1. The Balaban J connectivity index is 1.85. The summed E-state index contributed by atoms with van der Waals surface area (Å²) in [6.45, 7) is -0.670. The minimum Gasteiger partial charge on any atom is -0.466 e. The highest BCUT2D eigenvalue weighted by Crippen LogP contribution is 2.18. The summed E-state index contributed by atoms with van der Waals surface area (Å²) in [6.07, 6.45) is -5.37. The quantitative estimate of drug-likeness (QED) is 0.336. The van der Waals surface area contributed by atoms with Crippen LogP contribution in [0, 0.1) is 0 Å². The maximum Gasteiger partial charge on any atom is 0.351 e. The minimum absolute atomic E-state index is 0.115. The van der Waals surface area contributed by atoms with E-state index in [1.54, 1.807) is 54.6 Å². The third-order valence-electron chi connectivity index (χ3n) is 5.00. The van der Waals surface area contributed by atoms with Gasteiger partial charge in [-0.25, -0.2) is 19.2 Å². The van der Waals surface area contributed by atoms with Crippen LogP contribution in [0.25, 0.3) is 0 Å². The van der Waals surface area contributed by atoms with Gasteiger partial charge in [0.25, 0.3) is 0 Å². The molecule has 3 rings (SSSR count). The molecule has 0 unspecified atom stereocenters. The zero-order chi connectivity index (χ0) is 25.9. The van der Waals surface area contributed by atoms with E-state index >= 15 is 0 Å². The summed E-state index contributed by atoms with van der Waals surface area (Å²) in [7, 11) is 1.05. The Bertz CT molecular complexity index is 1160. The number of benzene rings is 3. The maximum absolute atomic E-state index is 12.8. The lowest BCUT2D eigenvalue weighted by Crippen LogP contribution is -2.50. The molecule has 0 aromatic heterocycles. The molecule has 1 N–H and O–H groups in total. The zero-order valence-electron chi connectivity index (χ0n) is 19.3. The van der Waals surface area contributed by atoms with Crippen LogP contribution in [0.4, 0.5) is 0 Å². The highest BCUT2D eigenvalue weighted by molar-refractivity contribution is 5.92. The number of aliphatic hydroxyl groups excluding tert-OH is 1. The summed E-state index contributed by atoms with van der Waals surface area (Å²) < 4.78 is 20.6. The summed E-state index contributed by atoms with van der Waals surface area (Å²) in [5, 5.41) is 10.8. The number of rotatable bonds is 10. The fraction of sp³-hybridized carbons (Fsp3) is 0.185. The van der Waals surface area contributed by atoms with Gasteiger partial charge in [0.15, 0.2) is 6.10 Å². The first-order valence-corrected chi connectivity index (χ1v) is 10.9. The van der Waals surface area contributed by atoms with Crippen LogP contribution >= 0.6 is 0 Å². The molecule has 0 aliphatic carbocycles. The number of methoxy groups -OCH3 is 1. The van der Waals surface area contributed by atoms with Gasteiger partial charge in [-0.05, 0) is 36.4 Å². The van der Waals surface area contributed by atoms with Crippen molar-refractivity contribution >= 4 is 23.9 Å². The molecule has 0 heterocycles. The molecule has 9 nitrogen and oxygen atoms in total. The van der Waals surface area contributed by atoms with Crippen molar-refractivity contribution in [3.8, 4) is 0 Å². The smallest absolute Gasteiger partial charge is 0.351 e. The van der Waals surface area contributed by atoms with E-state index < -0.39 is 48.8 Å². The van der Waals surface area contributed by atoms with Gasteiger partial charge >= 0.3 is 23.9 Å². The molecule has 0 amide bonds. The molecular formula is C27H24O9. The van der Waals surface area contributed by atoms with Gasteiger partial charge in [-0.3, -0.25) is 0 Å². The second-order valence-corrected chi connectivity index (χ2v) is 7.48. The number of carbonyl (C=O) groups excluding carboxylic acids is 4. The topological polar surface area (TPSA) is 125 Å². The Hall–Kier alpha value is -4.50. The average Bonchev–Trinajstić information content (AvgIpc) is 2.94. The number of hydrogen-bond acceptors (Lipinski definition) is 9. The number of ether oxygens (including phenoxy) is 4. The lowest BCUT2D eigenvalue weighted by atomic mass is 10.1. The molecule has 0 aliphatic rings. The summed E-state index contributed by atoms with van der Waals surface area (Å²) in [5.74, 6) is -3.66. The summed E-state index contributed by atoms with van der Waals surface area (Å²) in [5.41, 5.74) is 0.459. The van der Waals surface area contributed by atoms with Crippen LogP contribution in [0.5, 0.6) is 0 Å². The first-order valence-electron chi connectivity index (χ1n) is 10.9. The Morgan fingerprint density at radius 3 is 1.53 bits per heavy atom. The Morgan fingerprint density at radius 1 is 0.667 bits per heavy atom. The molecule has 0 spiro atoms. The Morgan fingerprint density at radius 2 is 1.08 bits per heavy atom. The van der Waals surface area contributed by atoms with Crippen LogP contribution in [0.1, 0.15) is 31.1 Å².